The van der Waals surface area contributed by atoms with E-state index in [-0.39, 0.29) is 23.8 Å². The van der Waals surface area contributed by atoms with Crippen LogP contribution in [0.3, 0.4) is 0 Å². The Morgan fingerprint density at radius 2 is 2.04 bits per heavy atom. The molecule has 1 aliphatic carbocycles. The van der Waals surface area contributed by atoms with Crippen LogP contribution in [-0.4, -0.2) is 20.6 Å². The van der Waals surface area contributed by atoms with Crippen LogP contribution >= 0.6 is 0 Å². The molecule has 0 bridgehead atoms. The second-order valence-electron chi connectivity index (χ2n) is 5.58. The van der Waals surface area contributed by atoms with Crippen LogP contribution < -0.4 is 5.32 Å². The summed E-state index contributed by atoms with van der Waals surface area (Å²) in [5, 5.41) is 17.0. The highest BCUT2D eigenvalue weighted by atomic mass is 19.3. The maximum Gasteiger partial charge on any atom is 0.282 e. The summed E-state index contributed by atoms with van der Waals surface area (Å²) in [6, 6.07) is 6.71. The number of carbonyl (C=O) groups is 1. The van der Waals surface area contributed by atoms with Crippen LogP contribution in [0.4, 0.5) is 20.2 Å². The number of aromatic nitrogens is 2. The average molecular weight is 336 g/mol. The van der Waals surface area contributed by atoms with Crippen LogP contribution in [0.2, 0.25) is 0 Å². The Balaban J connectivity index is 1.69. The van der Waals surface area contributed by atoms with Crippen molar-refractivity contribution in [2.45, 2.75) is 31.7 Å². The van der Waals surface area contributed by atoms with E-state index in [0.717, 1.165) is 12.8 Å². The van der Waals surface area contributed by atoms with Crippen LogP contribution in [-0.2, 0) is 11.3 Å². The van der Waals surface area contributed by atoms with Crippen molar-refractivity contribution in [2.24, 2.45) is 0 Å². The van der Waals surface area contributed by atoms with Gasteiger partial charge in [-0.05, 0) is 31.0 Å². The standard InChI is InChI=1S/C15H14F2N4O3/c16-15(17)12-7-13(9-1-2-9)20(19-12)8-14(22)18-10-3-5-11(6-4-10)21(23)24/h3-7,9,15H,1-2,8H2,(H,18,22). The second kappa shape index (κ2) is 6.34. The van der Waals surface area contributed by atoms with Crippen molar-refractivity contribution >= 4 is 17.3 Å². The molecule has 1 aliphatic rings. The lowest BCUT2D eigenvalue weighted by molar-refractivity contribution is -0.384. The maximum absolute atomic E-state index is 12.8. The van der Waals surface area contributed by atoms with Gasteiger partial charge >= 0.3 is 0 Å². The third kappa shape index (κ3) is 3.55. The number of non-ortho nitro benzene ring substituents is 1. The molecule has 0 atom stereocenters. The first-order valence-electron chi connectivity index (χ1n) is 7.34. The number of halogens is 2. The number of nitrogens with zero attached hydrogens (tertiary/aromatic N) is 3. The number of hydrogen-bond acceptors (Lipinski definition) is 4. The van der Waals surface area contributed by atoms with Crippen LogP contribution in [0, 0.1) is 10.1 Å². The van der Waals surface area contributed by atoms with Gasteiger partial charge in [0, 0.05) is 29.4 Å². The fourth-order valence-electron chi connectivity index (χ4n) is 2.40. The molecule has 2 aromatic rings. The zero-order chi connectivity index (χ0) is 17.3. The summed E-state index contributed by atoms with van der Waals surface area (Å²) in [7, 11) is 0. The van der Waals surface area contributed by atoms with E-state index < -0.39 is 17.3 Å². The Morgan fingerprint density at radius 1 is 1.38 bits per heavy atom. The largest absolute Gasteiger partial charge is 0.324 e. The molecule has 0 saturated heterocycles. The van der Waals surface area contributed by atoms with Crippen molar-refractivity contribution < 1.29 is 18.5 Å². The van der Waals surface area contributed by atoms with Gasteiger partial charge in [0.2, 0.25) is 5.91 Å². The Morgan fingerprint density at radius 3 is 2.58 bits per heavy atom. The molecule has 0 spiro atoms. The number of amides is 1. The lowest BCUT2D eigenvalue weighted by Gasteiger charge is -2.08. The Hall–Kier alpha value is -2.84. The van der Waals surface area contributed by atoms with E-state index in [1.807, 2.05) is 0 Å². The van der Waals surface area contributed by atoms with Crippen LogP contribution in [0.1, 0.15) is 36.6 Å². The van der Waals surface area contributed by atoms with E-state index in [9.17, 15) is 23.7 Å². The van der Waals surface area contributed by atoms with Crippen molar-refractivity contribution in [1.29, 1.82) is 0 Å². The monoisotopic (exact) mass is 336 g/mol. The van der Waals surface area contributed by atoms with Crippen molar-refractivity contribution in [3.05, 3.63) is 51.8 Å². The highest BCUT2D eigenvalue weighted by molar-refractivity contribution is 5.90. The van der Waals surface area contributed by atoms with Gasteiger partial charge in [-0.2, -0.15) is 5.10 Å². The zero-order valence-electron chi connectivity index (χ0n) is 12.5. The summed E-state index contributed by atoms with van der Waals surface area (Å²) in [5.74, 6) is -0.258. The minimum absolute atomic E-state index is 0.0855. The van der Waals surface area contributed by atoms with E-state index in [1.54, 1.807) is 0 Å². The molecule has 24 heavy (non-hydrogen) atoms. The summed E-state index contributed by atoms with van der Waals surface area (Å²) in [6.45, 7) is -0.185. The number of anilines is 1. The number of rotatable bonds is 6. The van der Waals surface area contributed by atoms with E-state index in [0.29, 0.717) is 11.4 Å². The molecule has 1 heterocycles. The molecule has 1 aromatic carbocycles. The molecule has 7 nitrogen and oxygen atoms in total. The van der Waals surface area contributed by atoms with Crippen molar-refractivity contribution in [1.82, 2.24) is 9.78 Å². The molecular weight excluding hydrogens is 322 g/mol. The highest BCUT2D eigenvalue weighted by Gasteiger charge is 2.30. The Kier molecular flexibility index (Phi) is 4.24. The number of carbonyl (C=O) groups excluding carboxylic acids is 1. The fraction of sp³-hybridized carbons (Fsp3) is 0.333. The van der Waals surface area contributed by atoms with E-state index in [1.165, 1.54) is 35.0 Å². The molecule has 0 unspecified atom stereocenters. The number of nitro groups is 1. The zero-order valence-corrected chi connectivity index (χ0v) is 12.5. The quantitative estimate of drug-likeness (QED) is 0.647. The first-order chi connectivity index (χ1) is 11.4. The summed E-state index contributed by atoms with van der Waals surface area (Å²) >= 11 is 0. The summed E-state index contributed by atoms with van der Waals surface area (Å²) in [6.07, 6.45) is -0.877. The fourth-order valence-corrected chi connectivity index (χ4v) is 2.40. The van der Waals surface area contributed by atoms with Gasteiger partial charge < -0.3 is 5.32 Å². The smallest absolute Gasteiger partial charge is 0.282 e. The number of nitrogens with one attached hydrogen (secondary N) is 1. The van der Waals surface area contributed by atoms with E-state index >= 15 is 0 Å². The lowest BCUT2D eigenvalue weighted by Crippen LogP contribution is -2.20. The topological polar surface area (TPSA) is 90.1 Å². The van der Waals surface area contributed by atoms with Gasteiger partial charge in [0.15, 0.2) is 0 Å². The third-order valence-corrected chi connectivity index (χ3v) is 3.70. The molecule has 9 heteroatoms. The van der Waals surface area contributed by atoms with Gasteiger partial charge in [0.1, 0.15) is 12.2 Å². The van der Waals surface area contributed by atoms with Crippen molar-refractivity contribution in [2.75, 3.05) is 5.32 Å². The average Bonchev–Trinajstić information content (AvgIpc) is 3.28. The number of hydrogen-bond donors (Lipinski definition) is 1. The molecular formula is C15H14F2N4O3. The first-order valence-corrected chi connectivity index (χ1v) is 7.34. The maximum atomic E-state index is 12.8. The van der Waals surface area contributed by atoms with Crippen LogP contribution in [0.25, 0.3) is 0 Å². The summed E-state index contributed by atoms with van der Waals surface area (Å²) < 4.78 is 26.9. The number of alkyl halides is 2. The molecule has 1 fully saturated rings. The molecule has 126 valence electrons. The van der Waals surface area contributed by atoms with Gasteiger partial charge in [0.25, 0.3) is 12.1 Å². The van der Waals surface area contributed by atoms with E-state index in [4.69, 9.17) is 0 Å². The summed E-state index contributed by atoms with van der Waals surface area (Å²) in [5.41, 5.74) is 0.613. The Labute approximate surface area is 135 Å². The van der Waals surface area contributed by atoms with Crippen molar-refractivity contribution in [3.8, 4) is 0 Å². The van der Waals surface area contributed by atoms with E-state index in [2.05, 4.69) is 10.4 Å². The van der Waals surface area contributed by atoms with Crippen molar-refractivity contribution in [3.63, 3.8) is 0 Å². The Bertz CT molecular complexity index is 770. The predicted octanol–water partition coefficient (Wildman–Crippen LogP) is 3.25. The van der Waals surface area contributed by atoms with Gasteiger partial charge in [-0.1, -0.05) is 0 Å². The summed E-state index contributed by atoms with van der Waals surface area (Å²) in [4.78, 5) is 22.1. The number of benzene rings is 1. The first kappa shape index (κ1) is 16.0. The van der Waals surface area contributed by atoms with Crippen LogP contribution in [0.15, 0.2) is 30.3 Å². The molecule has 1 amide bonds. The molecule has 1 N–H and O–H groups in total. The minimum Gasteiger partial charge on any atom is -0.324 e. The molecule has 0 radical (unpaired) electrons. The van der Waals surface area contributed by atoms with Gasteiger partial charge in [-0.25, -0.2) is 8.78 Å². The molecule has 1 aromatic heterocycles. The molecule has 0 aliphatic heterocycles. The normalized spacial score (nSPS) is 14.0. The van der Waals surface area contributed by atoms with Gasteiger partial charge in [-0.3, -0.25) is 19.6 Å². The minimum atomic E-state index is -2.68. The van der Waals surface area contributed by atoms with Gasteiger partial charge in [0.05, 0.1) is 4.92 Å². The SMILES string of the molecule is O=C(Cn1nc(C(F)F)cc1C1CC1)Nc1ccc([N+](=O)[O-])cc1. The number of nitro benzene ring substituents is 1. The predicted molar refractivity (Wildman–Crippen MR) is 80.9 cm³/mol. The highest BCUT2D eigenvalue weighted by Crippen LogP contribution is 2.41. The van der Waals surface area contributed by atoms with Crippen LogP contribution in [0.5, 0.6) is 0 Å². The van der Waals surface area contributed by atoms with Gasteiger partial charge in [-0.15, -0.1) is 0 Å². The molecule has 1 saturated carbocycles. The molecule has 3 rings (SSSR count). The lowest BCUT2D eigenvalue weighted by atomic mass is 10.2. The second-order valence-corrected chi connectivity index (χ2v) is 5.58. The third-order valence-electron chi connectivity index (χ3n) is 3.70.